The standard InChI is InChI=1S/C22H35N3O3/c1-21(2,3)18(24-20(27)28-22(4,5)6)19(26)23-17-12-13-25(15-17)14-16-10-8-7-9-11-16/h7-11,17-18H,12-15H2,1-6H3,(H,23,26)(H,24,27). The molecule has 0 spiro atoms. The normalized spacial score (nSPS) is 19.1. The van der Waals surface area contributed by atoms with E-state index in [0.29, 0.717) is 0 Å². The lowest BCUT2D eigenvalue weighted by molar-refractivity contribution is -0.126. The summed E-state index contributed by atoms with van der Waals surface area (Å²) in [4.78, 5) is 27.4. The molecule has 28 heavy (non-hydrogen) atoms. The van der Waals surface area contributed by atoms with Gasteiger partial charge in [0, 0.05) is 25.7 Å². The van der Waals surface area contributed by atoms with E-state index in [1.165, 1.54) is 5.56 Å². The molecular formula is C22H35N3O3. The quantitative estimate of drug-likeness (QED) is 0.810. The van der Waals surface area contributed by atoms with Crippen LogP contribution in [0.15, 0.2) is 30.3 Å². The van der Waals surface area contributed by atoms with Crippen molar-refractivity contribution in [1.82, 2.24) is 15.5 Å². The summed E-state index contributed by atoms with van der Waals surface area (Å²) in [5.41, 5.74) is 0.240. The third kappa shape index (κ3) is 7.15. The van der Waals surface area contributed by atoms with Gasteiger partial charge >= 0.3 is 6.09 Å². The smallest absolute Gasteiger partial charge is 0.408 e. The summed E-state index contributed by atoms with van der Waals surface area (Å²) in [6.07, 6.45) is 0.335. The highest BCUT2D eigenvalue weighted by Gasteiger charge is 2.36. The van der Waals surface area contributed by atoms with Gasteiger partial charge in [-0.3, -0.25) is 9.69 Å². The van der Waals surface area contributed by atoms with Crippen molar-refractivity contribution >= 4 is 12.0 Å². The summed E-state index contributed by atoms with van der Waals surface area (Å²) in [6.45, 7) is 13.9. The number of nitrogens with one attached hydrogen (secondary N) is 2. The molecule has 2 atom stereocenters. The molecule has 2 N–H and O–H groups in total. The number of rotatable bonds is 5. The number of alkyl carbamates (subject to hydrolysis) is 1. The van der Waals surface area contributed by atoms with E-state index in [9.17, 15) is 9.59 Å². The van der Waals surface area contributed by atoms with Crippen LogP contribution in [-0.2, 0) is 16.1 Å². The zero-order chi connectivity index (χ0) is 20.9. The van der Waals surface area contributed by atoms with Gasteiger partial charge in [-0.25, -0.2) is 4.79 Å². The van der Waals surface area contributed by atoms with Crippen molar-refractivity contribution in [3.63, 3.8) is 0 Å². The van der Waals surface area contributed by atoms with E-state index in [0.717, 1.165) is 26.1 Å². The maximum absolute atomic E-state index is 12.9. The van der Waals surface area contributed by atoms with Gasteiger partial charge in [-0.1, -0.05) is 51.1 Å². The molecule has 1 fully saturated rings. The summed E-state index contributed by atoms with van der Waals surface area (Å²) in [5, 5.41) is 5.87. The summed E-state index contributed by atoms with van der Waals surface area (Å²) in [5.74, 6) is -0.162. The van der Waals surface area contributed by atoms with Gasteiger partial charge in [0.25, 0.3) is 0 Å². The first-order valence-corrected chi connectivity index (χ1v) is 10.0. The third-order valence-electron chi connectivity index (χ3n) is 4.66. The predicted octanol–water partition coefficient (Wildman–Crippen LogP) is 3.32. The lowest BCUT2D eigenvalue weighted by atomic mass is 9.86. The van der Waals surface area contributed by atoms with Crippen molar-refractivity contribution in [2.24, 2.45) is 5.41 Å². The third-order valence-corrected chi connectivity index (χ3v) is 4.66. The Morgan fingerprint density at radius 1 is 1.14 bits per heavy atom. The molecule has 6 heteroatoms. The Labute approximate surface area is 169 Å². The monoisotopic (exact) mass is 389 g/mol. The van der Waals surface area contributed by atoms with E-state index in [4.69, 9.17) is 4.74 Å². The molecule has 1 aliphatic rings. The summed E-state index contributed by atoms with van der Waals surface area (Å²) in [7, 11) is 0. The maximum Gasteiger partial charge on any atom is 0.408 e. The van der Waals surface area contributed by atoms with Gasteiger partial charge in [0.05, 0.1) is 0 Å². The number of amides is 2. The Morgan fingerprint density at radius 2 is 1.79 bits per heavy atom. The SMILES string of the molecule is CC(C)(C)OC(=O)NC(C(=O)NC1CCN(Cc2ccccc2)C1)C(C)(C)C. The van der Waals surface area contributed by atoms with Crippen molar-refractivity contribution in [2.45, 2.75) is 72.2 Å². The largest absolute Gasteiger partial charge is 0.444 e. The average molecular weight is 390 g/mol. The van der Waals surface area contributed by atoms with Gasteiger partial charge in [-0.2, -0.15) is 0 Å². The van der Waals surface area contributed by atoms with Crippen molar-refractivity contribution < 1.29 is 14.3 Å². The van der Waals surface area contributed by atoms with Crippen LogP contribution < -0.4 is 10.6 Å². The number of ether oxygens (including phenoxy) is 1. The average Bonchev–Trinajstić information content (AvgIpc) is 2.97. The molecule has 0 radical (unpaired) electrons. The number of nitrogens with zero attached hydrogens (tertiary/aromatic N) is 1. The highest BCUT2D eigenvalue weighted by Crippen LogP contribution is 2.21. The van der Waals surface area contributed by atoms with Crippen LogP contribution in [0.1, 0.15) is 53.5 Å². The Morgan fingerprint density at radius 3 is 2.36 bits per heavy atom. The second-order valence-electron chi connectivity index (χ2n) is 9.66. The van der Waals surface area contributed by atoms with Crippen LogP contribution in [0.3, 0.4) is 0 Å². The summed E-state index contributed by atoms with van der Waals surface area (Å²) >= 11 is 0. The maximum atomic E-state index is 12.9. The molecule has 6 nitrogen and oxygen atoms in total. The first-order chi connectivity index (χ1) is 12.9. The topological polar surface area (TPSA) is 70.7 Å². The van der Waals surface area contributed by atoms with Crippen LogP contribution in [0.2, 0.25) is 0 Å². The molecule has 1 aromatic carbocycles. The first-order valence-electron chi connectivity index (χ1n) is 10.0. The van der Waals surface area contributed by atoms with Crippen molar-refractivity contribution in [1.29, 1.82) is 0 Å². The van der Waals surface area contributed by atoms with E-state index in [1.807, 2.05) is 39.0 Å². The fraction of sp³-hybridized carbons (Fsp3) is 0.636. The van der Waals surface area contributed by atoms with Crippen LogP contribution in [0, 0.1) is 5.41 Å². The van der Waals surface area contributed by atoms with Crippen molar-refractivity contribution in [3.8, 4) is 0 Å². The van der Waals surface area contributed by atoms with E-state index < -0.39 is 23.2 Å². The van der Waals surface area contributed by atoms with Gasteiger partial charge < -0.3 is 15.4 Å². The number of hydrogen-bond acceptors (Lipinski definition) is 4. The Balaban J connectivity index is 1.91. The van der Waals surface area contributed by atoms with E-state index in [1.54, 1.807) is 20.8 Å². The molecule has 2 amide bonds. The zero-order valence-electron chi connectivity index (χ0n) is 18.0. The van der Waals surface area contributed by atoms with E-state index >= 15 is 0 Å². The van der Waals surface area contributed by atoms with Crippen LogP contribution in [0.25, 0.3) is 0 Å². The second kappa shape index (κ2) is 8.95. The van der Waals surface area contributed by atoms with Gasteiger partial charge in [0.2, 0.25) is 5.91 Å². The molecule has 1 aliphatic heterocycles. The van der Waals surface area contributed by atoms with Crippen LogP contribution >= 0.6 is 0 Å². The number of hydrogen-bond donors (Lipinski definition) is 2. The minimum absolute atomic E-state index is 0.0847. The highest BCUT2D eigenvalue weighted by atomic mass is 16.6. The van der Waals surface area contributed by atoms with Gasteiger partial charge in [-0.05, 0) is 38.2 Å². The fourth-order valence-corrected chi connectivity index (χ4v) is 3.32. The fourth-order valence-electron chi connectivity index (χ4n) is 3.32. The van der Waals surface area contributed by atoms with Gasteiger partial charge in [0.1, 0.15) is 11.6 Å². The predicted molar refractivity (Wildman–Crippen MR) is 111 cm³/mol. The minimum atomic E-state index is -0.662. The molecule has 0 aromatic heterocycles. The molecule has 156 valence electrons. The Bertz CT molecular complexity index is 662. The Kier molecular flexibility index (Phi) is 7.10. The van der Waals surface area contributed by atoms with E-state index in [2.05, 4.69) is 27.7 Å². The summed E-state index contributed by atoms with van der Waals surface area (Å²) < 4.78 is 5.33. The lowest BCUT2D eigenvalue weighted by Crippen LogP contribution is -2.56. The van der Waals surface area contributed by atoms with Gasteiger partial charge in [-0.15, -0.1) is 0 Å². The van der Waals surface area contributed by atoms with Crippen LogP contribution in [-0.4, -0.2) is 47.7 Å². The second-order valence-corrected chi connectivity index (χ2v) is 9.66. The molecule has 1 saturated heterocycles. The van der Waals surface area contributed by atoms with Crippen LogP contribution in [0.5, 0.6) is 0 Å². The van der Waals surface area contributed by atoms with Crippen molar-refractivity contribution in [3.05, 3.63) is 35.9 Å². The minimum Gasteiger partial charge on any atom is -0.444 e. The number of carbonyl (C=O) groups excluding carboxylic acids is 2. The highest BCUT2D eigenvalue weighted by molar-refractivity contribution is 5.86. The van der Waals surface area contributed by atoms with Gasteiger partial charge in [0.15, 0.2) is 0 Å². The summed E-state index contributed by atoms with van der Waals surface area (Å²) in [6, 6.07) is 9.76. The molecular weight excluding hydrogens is 354 g/mol. The van der Waals surface area contributed by atoms with Crippen molar-refractivity contribution in [2.75, 3.05) is 13.1 Å². The Hall–Kier alpha value is -2.08. The molecule has 0 saturated carbocycles. The molecule has 0 bridgehead atoms. The number of carbonyl (C=O) groups is 2. The molecule has 0 aliphatic carbocycles. The molecule has 1 heterocycles. The van der Waals surface area contributed by atoms with Crippen LogP contribution in [0.4, 0.5) is 4.79 Å². The number of likely N-dealkylation sites (tertiary alicyclic amines) is 1. The zero-order valence-corrected chi connectivity index (χ0v) is 18.0. The lowest BCUT2D eigenvalue weighted by Gasteiger charge is -2.32. The number of benzene rings is 1. The first kappa shape index (κ1) is 22.2. The molecule has 2 unspecified atom stereocenters. The van der Waals surface area contributed by atoms with E-state index in [-0.39, 0.29) is 11.9 Å². The molecule has 2 rings (SSSR count). The molecule has 1 aromatic rings.